The Balaban J connectivity index is 2.12. The van der Waals surface area contributed by atoms with Gasteiger partial charge in [0.1, 0.15) is 5.75 Å². The van der Waals surface area contributed by atoms with Crippen molar-refractivity contribution in [1.82, 2.24) is 5.32 Å². The Kier molecular flexibility index (Phi) is 6.74. The van der Waals surface area contributed by atoms with Crippen LogP contribution in [0.25, 0.3) is 0 Å². The summed E-state index contributed by atoms with van der Waals surface area (Å²) in [4.78, 5) is 12.4. The first-order valence-electron chi connectivity index (χ1n) is 6.90. The number of carbonyl (C=O) groups is 1. The lowest BCUT2D eigenvalue weighted by Crippen LogP contribution is -2.34. The molecule has 138 valence electrons. The van der Waals surface area contributed by atoms with Gasteiger partial charge in [0.2, 0.25) is 10.0 Å². The highest BCUT2D eigenvalue weighted by atomic mass is 79.9. The fourth-order valence-corrected chi connectivity index (χ4v) is 4.11. The van der Waals surface area contributed by atoms with Gasteiger partial charge in [-0.1, -0.05) is 15.9 Å². The van der Waals surface area contributed by atoms with E-state index in [1.54, 1.807) is 12.1 Å². The molecule has 2 rings (SSSR count). The van der Waals surface area contributed by atoms with Crippen molar-refractivity contribution in [1.29, 1.82) is 0 Å². The van der Waals surface area contributed by atoms with Crippen LogP contribution in [0.3, 0.4) is 0 Å². The van der Waals surface area contributed by atoms with E-state index in [4.69, 9.17) is 22.1 Å². The zero-order valence-corrected chi connectivity index (χ0v) is 18.1. The van der Waals surface area contributed by atoms with Crippen molar-refractivity contribution in [2.45, 2.75) is 4.90 Å². The summed E-state index contributed by atoms with van der Waals surface area (Å²) in [5.74, 6) is -0.103. The normalized spacial score (nSPS) is 10.9. The lowest BCUT2D eigenvalue weighted by Gasteiger charge is -2.13. The number of rotatable bonds is 4. The molecule has 2 aromatic rings. The maximum Gasteiger partial charge on any atom is 0.261 e. The molecule has 26 heavy (non-hydrogen) atoms. The second-order valence-electron chi connectivity index (χ2n) is 4.95. The van der Waals surface area contributed by atoms with E-state index < -0.39 is 15.9 Å². The lowest BCUT2D eigenvalue weighted by atomic mass is 10.2. The summed E-state index contributed by atoms with van der Waals surface area (Å²) in [5.41, 5.74) is 0.771. The minimum atomic E-state index is -3.77. The van der Waals surface area contributed by atoms with E-state index in [1.807, 2.05) is 0 Å². The van der Waals surface area contributed by atoms with Crippen molar-refractivity contribution in [2.75, 3.05) is 12.4 Å². The van der Waals surface area contributed by atoms with E-state index >= 15 is 0 Å². The number of benzene rings is 2. The molecule has 0 aliphatic carbocycles. The Morgan fingerprint density at radius 2 is 1.81 bits per heavy atom. The van der Waals surface area contributed by atoms with Crippen LogP contribution in [-0.2, 0) is 10.0 Å². The fraction of sp³-hybridized carbons (Fsp3) is 0.0667. The Labute approximate surface area is 172 Å². The average molecular weight is 523 g/mol. The minimum Gasteiger partial charge on any atom is -0.495 e. The molecule has 11 heteroatoms. The fourth-order valence-electron chi connectivity index (χ4n) is 2.00. The summed E-state index contributed by atoms with van der Waals surface area (Å²) >= 11 is 11.8. The van der Waals surface area contributed by atoms with Crippen LogP contribution in [-0.4, -0.2) is 26.5 Å². The van der Waals surface area contributed by atoms with E-state index in [0.29, 0.717) is 20.4 Å². The summed E-state index contributed by atoms with van der Waals surface area (Å²) in [6, 6.07) is 8.97. The van der Waals surface area contributed by atoms with Gasteiger partial charge in [-0.05, 0) is 64.5 Å². The topological polar surface area (TPSA) is 111 Å². The third-order valence-corrected chi connectivity index (χ3v) is 5.31. The van der Waals surface area contributed by atoms with Gasteiger partial charge in [0.05, 0.1) is 22.0 Å². The highest BCUT2D eigenvalue weighted by Gasteiger charge is 2.17. The number of halogens is 2. The summed E-state index contributed by atoms with van der Waals surface area (Å²) < 4.78 is 29.0. The first-order chi connectivity index (χ1) is 12.1. The number of sulfonamides is 1. The van der Waals surface area contributed by atoms with Crippen molar-refractivity contribution in [2.24, 2.45) is 5.14 Å². The van der Waals surface area contributed by atoms with Crippen LogP contribution in [0.15, 0.2) is 50.2 Å². The van der Waals surface area contributed by atoms with Crippen molar-refractivity contribution < 1.29 is 17.9 Å². The Morgan fingerprint density at radius 3 is 2.35 bits per heavy atom. The molecule has 0 heterocycles. The van der Waals surface area contributed by atoms with Gasteiger partial charge in [-0.15, -0.1) is 0 Å². The summed E-state index contributed by atoms with van der Waals surface area (Å²) in [6.07, 6.45) is 0. The molecule has 0 saturated heterocycles. The third kappa shape index (κ3) is 5.24. The summed E-state index contributed by atoms with van der Waals surface area (Å²) in [7, 11) is -2.32. The Morgan fingerprint density at radius 1 is 1.19 bits per heavy atom. The maximum atomic E-state index is 12.5. The first-order valence-corrected chi connectivity index (χ1v) is 10.4. The number of nitrogens with two attached hydrogens (primary N) is 1. The van der Waals surface area contributed by atoms with Gasteiger partial charge in [0.25, 0.3) is 5.91 Å². The monoisotopic (exact) mass is 521 g/mol. The van der Waals surface area contributed by atoms with Crippen molar-refractivity contribution in [3.63, 3.8) is 0 Å². The van der Waals surface area contributed by atoms with E-state index in [2.05, 4.69) is 42.5 Å². The zero-order chi connectivity index (χ0) is 19.5. The molecule has 0 unspecified atom stereocenters. The molecule has 0 spiro atoms. The number of ether oxygens (including phenoxy) is 1. The van der Waals surface area contributed by atoms with Crippen molar-refractivity contribution in [3.05, 3.63) is 50.9 Å². The third-order valence-electron chi connectivity index (χ3n) is 3.12. The van der Waals surface area contributed by atoms with Crippen molar-refractivity contribution >= 4 is 70.8 Å². The predicted octanol–water partition coefficient (Wildman–Crippen LogP) is 2.99. The van der Waals surface area contributed by atoms with Gasteiger partial charge < -0.3 is 10.1 Å². The SMILES string of the molecule is COc1c(Br)cc(Br)cc1C(=O)NC(=S)Nc1ccc(S(N)(=O)=O)cc1. The number of hydrogen-bond donors (Lipinski definition) is 3. The molecule has 2 aromatic carbocycles. The zero-order valence-electron chi connectivity index (χ0n) is 13.2. The largest absolute Gasteiger partial charge is 0.495 e. The standard InChI is InChI=1S/C15H13Br2N3O4S2/c1-24-13-11(6-8(16)7-12(13)17)14(21)20-15(25)19-9-2-4-10(5-3-9)26(18,22)23/h2-7H,1H3,(H2,18,22,23)(H2,19,20,21,25). The van der Waals surface area contributed by atoms with Crippen LogP contribution in [0.2, 0.25) is 0 Å². The molecule has 0 aromatic heterocycles. The number of hydrogen-bond acceptors (Lipinski definition) is 5. The van der Waals surface area contributed by atoms with Gasteiger partial charge >= 0.3 is 0 Å². The van der Waals surface area contributed by atoms with Crippen molar-refractivity contribution in [3.8, 4) is 5.75 Å². The highest BCUT2D eigenvalue weighted by Crippen LogP contribution is 2.32. The maximum absolute atomic E-state index is 12.5. The van der Waals surface area contributed by atoms with Crippen LogP contribution in [0.5, 0.6) is 5.75 Å². The molecule has 1 amide bonds. The van der Waals surface area contributed by atoms with Gasteiger partial charge in [-0.3, -0.25) is 10.1 Å². The van der Waals surface area contributed by atoms with E-state index in [1.165, 1.54) is 31.4 Å². The molecule has 0 fully saturated rings. The molecule has 0 aliphatic heterocycles. The smallest absolute Gasteiger partial charge is 0.261 e. The molecule has 0 saturated carbocycles. The molecule has 0 bridgehead atoms. The summed E-state index contributed by atoms with van der Waals surface area (Å²) in [5, 5.41) is 10.4. The van der Waals surface area contributed by atoms with Crippen LogP contribution in [0, 0.1) is 0 Å². The quantitative estimate of drug-likeness (QED) is 0.532. The molecule has 4 N–H and O–H groups in total. The van der Waals surface area contributed by atoms with Crippen LogP contribution < -0.4 is 20.5 Å². The molecular weight excluding hydrogens is 510 g/mol. The minimum absolute atomic E-state index is 0.0262. The van der Waals surface area contributed by atoms with E-state index in [0.717, 1.165) is 0 Å². The molecule has 7 nitrogen and oxygen atoms in total. The van der Waals surface area contributed by atoms with Gasteiger partial charge in [-0.25, -0.2) is 13.6 Å². The predicted molar refractivity (Wildman–Crippen MR) is 110 cm³/mol. The van der Waals surface area contributed by atoms with Crippen LogP contribution in [0.1, 0.15) is 10.4 Å². The van der Waals surface area contributed by atoms with Gasteiger partial charge in [0, 0.05) is 10.2 Å². The Bertz CT molecular complexity index is 964. The average Bonchev–Trinajstić information content (AvgIpc) is 2.53. The van der Waals surface area contributed by atoms with Gasteiger partial charge in [-0.2, -0.15) is 0 Å². The lowest BCUT2D eigenvalue weighted by molar-refractivity contribution is 0.0974. The first kappa shape index (κ1) is 20.8. The van der Waals surface area contributed by atoms with Crippen LogP contribution in [0.4, 0.5) is 5.69 Å². The number of methoxy groups -OCH3 is 1. The van der Waals surface area contributed by atoms with E-state index in [-0.39, 0.29) is 15.6 Å². The Hall–Kier alpha value is -1.53. The molecule has 0 atom stereocenters. The van der Waals surface area contributed by atoms with E-state index in [9.17, 15) is 13.2 Å². The second kappa shape index (κ2) is 8.44. The number of primary sulfonamides is 1. The number of carbonyl (C=O) groups excluding carboxylic acids is 1. The van der Waals surface area contributed by atoms with Gasteiger partial charge in [0.15, 0.2) is 5.11 Å². The number of thiocarbonyl (C=S) groups is 1. The summed E-state index contributed by atoms with van der Waals surface area (Å²) in [6.45, 7) is 0. The van der Waals surface area contributed by atoms with Crippen LogP contribution >= 0.6 is 44.1 Å². The number of nitrogens with one attached hydrogen (secondary N) is 2. The second-order valence-corrected chi connectivity index (χ2v) is 8.69. The highest BCUT2D eigenvalue weighted by molar-refractivity contribution is 9.11. The molecule has 0 aliphatic rings. The molecule has 0 radical (unpaired) electrons. The number of amides is 1. The number of anilines is 1. The molecular formula is C15H13Br2N3O4S2.